The molecule has 1 N–H and O–H groups in total. The number of halogens is 1. The number of aryl methyl sites for hydroxylation is 1. The van der Waals surface area contributed by atoms with Crippen LogP contribution in [0.15, 0.2) is 47.4 Å². The van der Waals surface area contributed by atoms with Crippen LogP contribution in [0.3, 0.4) is 0 Å². The summed E-state index contributed by atoms with van der Waals surface area (Å²) in [6, 6.07) is 10.3. The van der Waals surface area contributed by atoms with Crippen molar-refractivity contribution in [2.45, 2.75) is 50.7 Å². The van der Waals surface area contributed by atoms with E-state index < -0.39 is 21.8 Å². The fourth-order valence-corrected chi connectivity index (χ4v) is 5.93. The molecule has 0 aliphatic carbocycles. The maximum atomic E-state index is 14.1. The summed E-state index contributed by atoms with van der Waals surface area (Å²) >= 11 is 0. The Hall–Kier alpha value is -2.98. The molecule has 0 spiro atoms. The minimum Gasteiger partial charge on any atom is -0.491 e. The molecule has 34 heavy (non-hydrogen) atoms. The first-order valence-corrected chi connectivity index (χ1v) is 12.7. The molecule has 0 amide bonds. The van der Waals surface area contributed by atoms with E-state index in [1.165, 1.54) is 28.6 Å². The highest BCUT2D eigenvalue weighted by Gasteiger charge is 2.39. The van der Waals surface area contributed by atoms with Crippen molar-refractivity contribution in [3.8, 4) is 5.75 Å². The molecule has 1 aliphatic heterocycles. The van der Waals surface area contributed by atoms with Crippen LogP contribution >= 0.6 is 0 Å². The van der Waals surface area contributed by atoms with Crippen LogP contribution in [0.5, 0.6) is 5.75 Å². The third kappa shape index (κ3) is 4.78. The van der Waals surface area contributed by atoms with Gasteiger partial charge in [0.25, 0.3) is 0 Å². The Kier molecular flexibility index (Phi) is 6.64. The van der Waals surface area contributed by atoms with Gasteiger partial charge in [0, 0.05) is 24.9 Å². The van der Waals surface area contributed by atoms with E-state index >= 15 is 0 Å². The highest BCUT2D eigenvalue weighted by Crippen LogP contribution is 2.35. The van der Waals surface area contributed by atoms with Gasteiger partial charge >= 0.3 is 5.97 Å². The van der Waals surface area contributed by atoms with Crippen LogP contribution < -0.4 is 4.74 Å². The van der Waals surface area contributed by atoms with Gasteiger partial charge in [0.2, 0.25) is 10.0 Å². The first-order valence-electron chi connectivity index (χ1n) is 11.2. The summed E-state index contributed by atoms with van der Waals surface area (Å²) < 4.78 is 49.4. The van der Waals surface area contributed by atoms with Crippen LogP contribution in [0.4, 0.5) is 4.39 Å². The molecule has 10 heteroatoms. The highest BCUT2D eigenvalue weighted by atomic mass is 32.2. The summed E-state index contributed by atoms with van der Waals surface area (Å²) in [5, 5.41) is 14.4. The molecule has 3 aromatic rings. The molecule has 1 aliphatic rings. The summed E-state index contributed by atoms with van der Waals surface area (Å²) in [7, 11) is -3.75. The molecule has 1 aromatic heterocycles. The fraction of sp³-hybridized carbons (Fsp3) is 0.417. The lowest BCUT2D eigenvalue weighted by molar-refractivity contribution is -0.136. The van der Waals surface area contributed by atoms with E-state index in [4.69, 9.17) is 9.84 Å². The van der Waals surface area contributed by atoms with Gasteiger partial charge in [-0.3, -0.25) is 9.48 Å². The van der Waals surface area contributed by atoms with Gasteiger partial charge in [0.05, 0.1) is 34.7 Å². The number of carboxylic acid groups (broad SMARTS) is 1. The van der Waals surface area contributed by atoms with Gasteiger partial charge in [0.1, 0.15) is 11.6 Å². The van der Waals surface area contributed by atoms with E-state index in [0.29, 0.717) is 28.9 Å². The van der Waals surface area contributed by atoms with Crippen LogP contribution in [0, 0.1) is 11.7 Å². The molecule has 2 atom stereocenters. The number of sulfonamides is 1. The molecule has 0 bridgehead atoms. The quantitative estimate of drug-likeness (QED) is 0.516. The maximum absolute atomic E-state index is 14.1. The highest BCUT2D eigenvalue weighted by molar-refractivity contribution is 7.89. The zero-order chi connectivity index (χ0) is 24.6. The molecular formula is C24H28FN3O5S. The molecule has 4 rings (SSSR count). The summed E-state index contributed by atoms with van der Waals surface area (Å²) in [4.78, 5) is 11.2. The normalized spacial score (nSPS) is 19.2. The second-order valence-electron chi connectivity index (χ2n) is 8.95. The standard InChI is InChI=1S/C24H28FN3O5S/c1-15(2)33-18-5-7-19(8-6-18)34(31,32)27-13-16(3)23(14-27)28-22-12-17(25)4-9-20(22)21(26-28)10-11-24(29)30/h4-9,12,15-16,23H,10-11,13-14H2,1-3H3,(H,29,30)/t16-,23+/m1/s1. The maximum Gasteiger partial charge on any atom is 0.303 e. The van der Waals surface area contributed by atoms with Crippen LogP contribution in [-0.2, 0) is 21.2 Å². The third-order valence-electron chi connectivity index (χ3n) is 6.01. The first kappa shape index (κ1) is 24.2. The Morgan fingerprint density at radius 2 is 1.91 bits per heavy atom. The van der Waals surface area contributed by atoms with Crippen LogP contribution in [0.2, 0.25) is 0 Å². The van der Waals surface area contributed by atoms with E-state index in [9.17, 15) is 17.6 Å². The summed E-state index contributed by atoms with van der Waals surface area (Å²) in [5.41, 5.74) is 1.10. The minimum atomic E-state index is -3.75. The molecule has 0 saturated carbocycles. The molecule has 0 radical (unpaired) electrons. The van der Waals surface area contributed by atoms with Crippen molar-refractivity contribution >= 4 is 26.9 Å². The smallest absolute Gasteiger partial charge is 0.303 e. The second kappa shape index (κ2) is 9.34. The molecule has 1 fully saturated rings. The summed E-state index contributed by atoms with van der Waals surface area (Å²) in [5.74, 6) is -0.865. The van der Waals surface area contributed by atoms with Gasteiger partial charge in [0.15, 0.2) is 0 Å². The number of hydrogen-bond acceptors (Lipinski definition) is 5. The average Bonchev–Trinajstić information content (AvgIpc) is 3.32. The monoisotopic (exact) mass is 489 g/mol. The Bertz CT molecular complexity index is 1300. The van der Waals surface area contributed by atoms with Crippen molar-refractivity contribution in [1.82, 2.24) is 14.1 Å². The predicted octanol–water partition coefficient (Wildman–Crippen LogP) is 3.86. The number of carbonyl (C=O) groups is 1. The van der Waals surface area contributed by atoms with Gasteiger partial charge in [-0.25, -0.2) is 12.8 Å². The fourth-order valence-electron chi connectivity index (χ4n) is 4.37. The van der Waals surface area contributed by atoms with Crippen molar-refractivity contribution in [3.63, 3.8) is 0 Å². The Morgan fingerprint density at radius 3 is 2.56 bits per heavy atom. The predicted molar refractivity (Wildman–Crippen MR) is 125 cm³/mol. The van der Waals surface area contributed by atoms with E-state index in [0.717, 1.165) is 0 Å². The lowest BCUT2D eigenvalue weighted by atomic mass is 10.1. The number of benzene rings is 2. The zero-order valence-electron chi connectivity index (χ0n) is 19.3. The van der Waals surface area contributed by atoms with Gasteiger partial charge in [-0.2, -0.15) is 9.40 Å². The number of aliphatic carboxylic acids is 1. The second-order valence-corrected chi connectivity index (χ2v) is 10.9. The average molecular weight is 490 g/mol. The topological polar surface area (TPSA) is 102 Å². The molecular weight excluding hydrogens is 461 g/mol. The summed E-state index contributed by atoms with van der Waals surface area (Å²) in [6.07, 6.45) is 0.0933. The van der Waals surface area contributed by atoms with Gasteiger partial charge in [-0.15, -0.1) is 0 Å². The van der Waals surface area contributed by atoms with Gasteiger partial charge in [-0.05, 0) is 62.2 Å². The number of carboxylic acids is 1. The molecule has 0 unspecified atom stereocenters. The molecule has 182 valence electrons. The molecule has 8 nitrogen and oxygen atoms in total. The van der Waals surface area contributed by atoms with Crippen molar-refractivity contribution in [1.29, 1.82) is 0 Å². The number of nitrogens with zero attached hydrogens (tertiary/aromatic N) is 3. The minimum absolute atomic E-state index is 0.0169. The number of ether oxygens (including phenoxy) is 1. The van der Waals surface area contributed by atoms with Crippen molar-refractivity contribution in [2.75, 3.05) is 13.1 Å². The van der Waals surface area contributed by atoms with Crippen LogP contribution in [-0.4, -0.2) is 52.8 Å². The lowest BCUT2D eigenvalue weighted by Crippen LogP contribution is -2.29. The van der Waals surface area contributed by atoms with Crippen LogP contribution in [0.1, 0.15) is 38.9 Å². The third-order valence-corrected chi connectivity index (χ3v) is 7.85. The Balaban J connectivity index is 1.63. The Morgan fingerprint density at radius 1 is 1.21 bits per heavy atom. The number of hydrogen-bond donors (Lipinski definition) is 1. The lowest BCUT2D eigenvalue weighted by Gasteiger charge is -2.18. The van der Waals surface area contributed by atoms with Crippen LogP contribution in [0.25, 0.3) is 10.9 Å². The van der Waals surface area contributed by atoms with E-state index in [2.05, 4.69) is 5.10 Å². The van der Waals surface area contributed by atoms with E-state index in [1.807, 2.05) is 20.8 Å². The number of fused-ring (bicyclic) bond motifs is 1. The molecule has 2 heterocycles. The first-order chi connectivity index (χ1) is 16.1. The van der Waals surface area contributed by atoms with Gasteiger partial charge < -0.3 is 9.84 Å². The number of aromatic nitrogens is 2. The van der Waals surface area contributed by atoms with E-state index in [-0.39, 0.29) is 42.3 Å². The van der Waals surface area contributed by atoms with Gasteiger partial charge in [-0.1, -0.05) is 6.92 Å². The largest absolute Gasteiger partial charge is 0.491 e. The van der Waals surface area contributed by atoms with E-state index in [1.54, 1.807) is 22.9 Å². The van der Waals surface area contributed by atoms with Crippen molar-refractivity contribution < 1.29 is 27.4 Å². The zero-order valence-corrected chi connectivity index (χ0v) is 20.1. The summed E-state index contributed by atoms with van der Waals surface area (Å²) in [6.45, 7) is 6.20. The molecule has 1 saturated heterocycles. The SMILES string of the molecule is CC(C)Oc1ccc(S(=O)(=O)N2C[C@@H](C)[C@@H](n3nc(CCC(=O)O)c4ccc(F)cc43)C2)cc1. The van der Waals surface area contributed by atoms with Crippen molar-refractivity contribution in [3.05, 3.63) is 54.0 Å². The molecule has 2 aromatic carbocycles. The van der Waals surface area contributed by atoms with Crippen molar-refractivity contribution in [2.24, 2.45) is 5.92 Å². The number of rotatable bonds is 8. The Labute approximate surface area is 198 Å².